The van der Waals surface area contributed by atoms with E-state index in [1.54, 1.807) is 6.20 Å². The second-order valence-electron chi connectivity index (χ2n) is 8.06. The van der Waals surface area contributed by atoms with Crippen molar-refractivity contribution in [3.8, 4) is 41.0 Å². The Bertz CT molecular complexity index is 1420. The van der Waals surface area contributed by atoms with Crippen LogP contribution in [0.5, 0.6) is 11.5 Å². The molecule has 1 N–H and O–H groups in total. The molecule has 3 aromatic heterocycles. The van der Waals surface area contributed by atoms with Crippen molar-refractivity contribution in [2.45, 2.75) is 18.9 Å². The van der Waals surface area contributed by atoms with Crippen LogP contribution < -0.4 is 9.64 Å². The Hall–Kier alpha value is -4.56. The first-order valence-corrected chi connectivity index (χ1v) is 10.8. The second-order valence-corrected chi connectivity index (χ2v) is 8.06. The molecule has 0 spiro atoms. The molecule has 4 heterocycles. The summed E-state index contributed by atoms with van der Waals surface area (Å²) in [5.74, 6) is 3.26. The van der Waals surface area contributed by atoms with Gasteiger partial charge in [-0.3, -0.25) is 0 Å². The molecule has 0 atom stereocenters. The Balaban J connectivity index is 1.30. The maximum Gasteiger partial charge on any atom is 0.251 e. The summed E-state index contributed by atoms with van der Waals surface area (Å²) in [7, 11) is 0. The molecule has 0 radical (unpaired) electrons. The zero-order valence-corrected chi connectivity index (χ0v) is 18.1. The van der Waals surface area contributed by atoms with E-state index in [2.05, 4.69) is 20.9 Å². The number of nitriles is 1. The number of pyridine rings is 2. The number of terminal acetylenes is 1. The Morgan fingerprint density at radius 3 is 2.56 bits per heavy atom. The molecule has 5 rings (SSSR count). The van der Waals surface area contributed by atoms with Gasteiger partial charge < -0.3 is 14.7 Å². The van der Waals surface area contributed by atoms with Crippen LogP contribution in [0.15, 0.2) is 54.9 Å². The third-order valence-electron chi connectivity index (χ3n) is 5.93. The molecule has 7 nitrogen and oxygen atoms in total. The predicted molar refractivity (Wildman–Crippen MR) is 125 cm³/mol. The van der Waals surface area contributed by atoms with Crippen molar-refractivity contribution in [2.75, 3.05) is 18.0 Å². The van der Waals surface area contributed by atoms with E-state index in [0.717, 1.165) is 43.1 Å². The van der Waals surface area contributed by atoms with Crippen LogP contribution in [0.4, 0.5) is 10.2 Å². The first-order chi connectivity index (χ1) is 16.6. The molecule has 0 saturated carbocycles. The van der Waals surface area contributed by atoms with Crippen molar-refractivity contribution in [1.29, 1.82) is 5.26 Å². The molecule has 1 saturated heterocycles. The summed E-state index contributed by atoms with van der Waals surface area (Å²) < 4.78 is 21.3. The summed E-state index contributed by atoms with van der Waals surface area (Å²) in [6.07, 6.45) is 10.1. The second kappa shape index (κ2) is 8.76. The Morgan fingerprint density at radius 2 is 1.91 bits per heavy atom. The van der Waals surface area contributed by atoms with Crippen LogP contribution in [-0.4, -0.2) is 38.9 Å². The zero-order chi connectivity index (χ0) is 23.7. The van der Waals surface area contributed by atoms with Crippen molar-refractivity contribution in [3.05, 3.63) is 71.9 Å². The maximum absolute atomic E-state index is 14.1. The zero-order valence-electron chi connectivity index (χ0n) is 18.1. The summed E-state index contributed by atoms with van der Waals surface area (Å²) in [5.41, 5.74) is 2.07. The van der Waals surface area contributed by atoms with Crippen LogP contribution in [0.3, 0.4) is 0 Å². The number of aromatic nitrogens is 3. The standard InChI is InChI=1S/C26H20FN5O2/c1-2-17-3-6-20(7-4-17)34-21-9-11-31(12-10-21)24-8-5-18(15-29-24)22-13-19(33)16-32-25(22)23(14-28)26(27)30-32/h1,3-8,13,15-16,21,33H,9-12H2. The van der Waals surface area contributed by atoms with E-state index in [-0.39, 0.29) is 17.4 Å². The quantitative estimate of drug-likeness (QED) is 0.468. The normalized spacial score (nSPS) is 14.0. The third-order valence-corrected chi connectivity index (χ3v) is 5.93. The van der Waals surface area contributed by atoms with Gasteiger partial charge in [0, 0.05) is 48.8 Å². The Labute approximate surface area is 195 Å². The van der Waals surface area contributed by atoms with Crippen LogP contribution in [0.25, 0.3) is 16.6 Å². The van der Waals surface area contributed by atoms with Crippen molar-refractivity contribution < 1.29 is 14.2 Å². The highest BCUT2D eigenvalue weighted by molar-refractivity contribution is 5.85. The molecular weight excluding hydrogens is 433 g/mol. The largest absolute Gasteiger partial charge is 0.506 e. The summed E-state index contributed by atoms with van der Waals surface area (Å²) in [6, 6.07) is 14.6. The molecule has 0 amide bonds. The molecule has 1 aromatic carbocycles. The first-order valence-electron chi connectivity index (χ1n) is 10.8. The molecule has 8 heteroatoms. The lowest BCUT2D eigenvalue weighted by Gasteiger charge is -2.33. The van der Waals surface area contributed by atoms with Gasteiger partial charge in [-0.25, -0.2) is 9.50 Å². The maximum atomic E-state index is 14.1. The highest BCUT2D eigenvalue weighted by atomic mass is 19.1. The van der Waals surface area contributed by atoms with Gasteiger partial charge in [0.1, 0.15) is 35.1 Å². The molecule has 0 bridgehead atoms. The lowest BCUT2D eigenvalue weighted by Crippen LogP contribution is -2.38. The molecule has 34 heavy (non-hydrogen) atoms. The summed E-state index contributed by atoms with van der Waals surface area (Å²) >= 11 is 0. The molecule has 1 aliphatic rings. The lowest BCUT2D eigenvalue weighted by molar-refractivity contribution is 0.170. The van der Waals surface area contributed by atoms with Gasteiger partial charge in [0.05, 0.1) is 11.7 Å². The smallest absolute Gasteiger partial charge is 0.251 e. The van der Waals surface area contributed by atoms with Gasteiger partial charge in [-0.2, -0.15) is 9.65 Å². The number of ether oxygens (including phenoxy) is 1. The van der Waals surface area contributed by atoms with Crippen LogP contribution in [-0.2, 0) is 0 Å². The number of rotatable bonds is 4. The summed E-state index contributed by atoms with van der Waals surface area (Å²) in [5, 5.41) is 23.1. The minimum absolute atomic E-state index is 0.0884. The van der Waals surface area contributed by atoms with Gasteiger partial charge in [0.2, 0.25) is 0 Å². The number of piperidine rings is 1. The van der Waals surface area contributed by atoms with Crippen molar-refractivity contribution in [2.24, 2.45) is 0 Å². The van der Waals surface area contributed by atoms with Gasteiger partial charge in [0.25, 0.3) is 5.95 Å². The molecular formula is C26H20FN5O2. The van der Waals surface area contributed by atoms with Crippen molar-refractivity contribution in [3.63, 3.8) is 0 Å². The number of aromatic hydroxyl groups is 1. The van der Waals surface area contributed by atoms with Gasteiger partial charge in [-0.15, -0.1) is 11.5 Å². The van der Waals surface area contributed by atoms with E-state index in [1.807, 2.05) is 42.5 Å². The van der Waals surface area contributed by atoms with Crippen molar-refractivity contribution in [1.82, 2.24) is 14.6 Å². The van der Waals surface area contributed by atoms with Gasteiger partial charge in [-0.05, 0) is 42.5 Å². The van der Waals surface area contributed by atoms with Gasteiger partial charge >= 0.3 is 0 Å². The number of fused-ring (bicyclic) bond motifs is 1. The number of hydrogen-bond donors (Lipinski definition) is 1. The van der Waals surface area contributed by atoms with E-state index < -0.39 is 5.95 Å². The fourth-order valence-electron chi connectivity index (χ4n) is 4.21. The highest BCUT2D eigenvalue weighted by Gasteiger charge is 2.22. The molecule has 1 aliphatic heterocycles. The van der Waals surface area contributed by atoms with E-state index in [0.29, 0.717) is 16.6 Å². The van der Waals surface area contributed by atoms with Crippen molar-refractivity contribution >= 4 is 11.3 Å². The fourth-order valence-corrected chi connectivity index (χ4v) is 4.21. The number of nitrogens with zero attached hydrogens (tertiary/aromatic N) is 5. The summed E-state index contributed by atoms with van der Waals surface area (Å²) in [6.45, 7) is 1.59. The molecule has 0 aliphatic carbocycles. The van der Waals surface area contributed by atoms with Crippen LogP contribution in [0.2, 0.25) is 0 Å². The number of hydrogen-bond acceptors (Lipinski definition) is 6. The minimum atomic E-state index is -0.879. The van der Waals surface area contributed by atoms with Gasteiger partial charge in [-0.1, -0.05) is 5.92 Å². The minimum Gasteiger partial charge on any atom is -0.506 e. The average molecular weight is 453 g/mol. The topological polar surface area (TPSA) is 86.7 Å². The number of benzene rings is 1. The van der Waals surface area contributed by atoms with Crippen LogP contribution >= 0.6 is 0 Å². The molecule has 168 valence electrons. The third kappa shape index (κ3) is 3.98. The molecule has 0 unspecified atom stereocenters. The van der Waals surface area contributed by atoms with Crippen LogP contribution in [0, 0.1) is 29.6 Å². The van der Waals surface area contributed by atoms with E-state index in [9.17, 15) is 14.8 Å². The first kappa shape index (κ1) is 21.3. The number of halogens is 1. The van der Waals surface area contributed by atoms with E-state index in [4.69, 9.17) is 11.2 Å². The lowest BCUT2D eigenvalue weighted by atomic mass is 10.0. The highest BCUT2D eigenvalue weighted by Crippen LogP contribution is 2.32. The molecule has 4 aromatic rings. The summed E-state index contributed by atoms with van der Waals surface area (Å²) in [4.78, 5) is 6.77. The fraction of sp³-hybridized carbons (Fsp3) is 0.192. The van der Waals surface area contributed by atoms with Gasteiger partial charge in [0.15, 0.2) is 0 Å². The van der Waals surface area contributed by atoms with E-state index in [1.165, 1.54) is 16.8 Å². The number of anilines is 1. The molecule has 1 fully saturated rings. The average Bonchev–Trinajstić information content (AvgIpc) is 3.19. The monoisotopic (exact) mass is 453 g/mol. The Morgan fingerprint density at radius 1 is 1.15 bits per heavy atom. The predicted octanol–water partition coefficient (Wildman–Crippen LogP) is 4.14. The Kier molecular flexibility index (Phi) is 5.49. The SMILES string of the molecule is C#Cc1ccc(OC2CCN(c3ccc(-c4cc(O)cn5nc(F)c(C#N)c45)cn3)CC2)cc1. The van der Waals surface area contributed by atoms with Crippen LogP contribution in [0.1, 0.15) is 24.0 Å². The van der Waals surface area contributed by atoms with E-state index >= 15 is 0 Å².